The Labute approximate surface area is 120 Å². The highest BCUT2D eigenvalue weighted by molar-refractivity contribution is 5.96. The summed E-state index contributed by atoms with van der Waals surface area (Å²) >= 11 is 0. The SMILES string of the molecule is COc1ccccc1-c1nn(C)cc1C(=O)OCC(F)F. The molecule has 0 unspecified atom stereocenters. The lowest BCUT2D eigenvalue weighted by atomic mass is 10.1. The largest absolute Gasteiger partial charge is 0.496 e. The minimum Gasteiger partial charge on any atom is -0.496 e. The molecule has 0 N–H and O–H groups in total. The minimum absolute atomic E-state index is 0.114. The van der Waals surface area contributed by atoms with Gasteiger partial charge in [0, 0.05) is 18.8 Å². The van der Waals surface area contributed by atoms with Crippen molar-refractivity contribution in [1.82, 2.24) is 9.78 Å². The Morgan fingerprint density at radius 1 is 1.38 bits per heavy atom. The van der Waals surface area contributed by atoms with Crippen LogP contribution < -0.4 is 4.74 Å². The van der Waals surface area contributed by atoms with Crippen molar-refractivity contribution in [3.63, 3.8) is 0 Å². The number of hydrogen-bond donors (Lipinski definition) is 0. The van der Waals surface area contributed by atoms with Crippen molar-refractivity contribution in [2.75, 3.05) is 13.7 Å². The fourth-order valence-electron chi connectivity index (χ4n) is 1.89. The third-order valence-electron chi connectivity index (χ3n) is 2.75. The van der Waals surface area contributed by atoms with Crippen molar-refractivity contribution in [3.05, 3.63) is 36.0 Å². The number of methoxy groups -OCH3 is 1. The number of benzene rings is 1. The van der Waals surface area contributed by atoms with Gasteiger partial charge in [-0.15, -0.1) is 0 Å². The topological polar surface area (TPSA) is 53.4 Å². The van der Waals surface area contributed by atoms with Crippen molar-refractivity contribution in [2.45, 2.75) is 6.43 Å². The van der Waals surface area contributed by atoms with Gasteiger partial charge in [-0.2, -0.15) is 5.10 Å². The van der Waals surface area contributed by atoms with Gasteiger partial charge in [-0.1, -0.05) is 12.1 Å². The first-order valence-electron chi connectivity index (χ1n) is 6.15. The Balaban J connectivity index is 2.39. The summed E-state index contributed by atoms with van der Waals surface area (Å²) in [5, 5.41) is 4.19. The summed E-state index contributed by atoms with van der Waals surface area (Å²) in [6.45, 7) is -0.945. The van der Waals surface area contributed by atoms with E-state index in [2.05, 4.69) is 9.84 Å². The van der Waals surface area contributed by atoms with Gasteiger partial charge in [0.1, 0.15) is 17.0 Å². The first-order valence-corrected chi connectivity index (χ1v) is 6.15. The summed E-state index contributed by atoms with van der Waals surface area (Å²) in [4.78, 5) is 11.9. The average molecular weight is 296 g/mol. The Morgan fingerprint density at radius 3 is 2.76 bits per heavy atom. The van der Waals surface area contributed by atoms with Crippen LogP contribution in [-0.4, -0.2) is 35.9 Å². The zero-order chi connectivity index (χ0) is 15.4. The second-order valence-electron chi connectivity index (χ2n) is 4.25. The monoisotopic (exact) mass is 296 g/mol. The van der Waals surface area contributed by atoms with Gasteiger partial charge in [0.25, 0.3) is 6.43 Å². The number of nitrogens with zero attached hydrogens (tertiary/aromatic N) is 2. The molecule has 1 aromatic heterocycles. The molecule has 2 rings (SSSR count). The fourth-order valence-corrected chi connectivity index (χ4v) is 1.89. The van der Waals surface area contributed by atoms with Gasteiger partial charge in [0.2, 0.25) is 0 Å². The van der Waals surface area contributed by atoms with E-state index in [0.717, 1.165) is 0 Å². The fraction of sp³-hybridized carbons (Fsp3) is 0.286. The molecule has 0 bridgehead atoms. The van der Waals surface area contributed by atoms with E-state index in [0.29, 0.717) is 17.0 Å². The molecule has 21 heavy (non-hydrogen) atoms. The van der Waals surface area contributed by atoms with E-state index in [1.165, 1.54) is 18.0 Å². The molecule has 1 heterocycles. The molecule has 0 atom stereocenters. The van der Waals surface area contributed by atoms with Crippen molar-refractivity contribution in [3.8, 4) is 17.0 Å². The van der Waals surface area contributed by atoms with Crippen molar-refractivity contribution in [2.24, 2.45) is 7.05 Å². The maximum absolute atomic E-state index is 12.1. The summed E-state index contributed by atoms with van der Waals surface area (Å²) in [7, 11) is 3.12. The van der Waals surface area contributed by atoms with E-state index in [-0.39, 0.29) is 5.56 Å². The average Bonchev–Trinajstić information content (AvgIpc) is 2.86. The van der Waals surface area contributed by atoms with Crippen molar-refractivity contribution >= 4 is 5.97 Å². The number of carbonyl (C=O) groups is 1. The highest BCUT2D eigenvalue weighted by atomic mass is 19.3. The number of alkyl halides is 2. The van der Waals surface area contributed by atoms with Gasteiger partial charge in [0.15, 0.2) is 6.61 Å². The number of hydrogen-bond acceptors (Lipinski definition) is 4. The van der Waals surface area contributed by atoms with Crippen LogP contribution in [-0.2, 0) is 11.8 Å². The molecule has 1 aromatic carbocycles. The molecular weight excluding hydrogens is 282 g/mol. The van der Waals surface area contributed by atoms with Crippen LogP contribution in [0.5, 0.6) is 5.75 Å². The summed E-state index contributed by atoms with van der Waals surface area (Å²) < 4.78 is 35.5. The molecule has 2 aromatic rings. The predicted octanol–water partition coefficient (Wildman–Crippen LogP) is 2.52. The summed E-state index contributed by atoms with van der Waals surface area (Å²) in [6, 6.07) is 6.99. The van der Waals surface area contributed by atoms with Gasteiger partial charge < -0.3 is 9.47 Å². The zero-order valence-corrected chi connectivity index (χ0v) is 11.5. The number of para-hydroxylation sites is 1. The van der Waals surface area contributed by atoms with Crippen molar-refractivity contribution < 1.29 is 23.0 Å². The molecule has 0 aliphatic rings. The number of esters is 1. The molecule has 0 radical (unpaired) electrons. The number of rotatable bonds is 5. The molecule has 5 nitrogen and oxygen atoms in total. The Bertz CT molecular complexity index is 641. The van der Waals surface area contributed by atoms with Crippen LogP contribution in [0.2, 0.25) is 0 Å². The van der Waals surface area contributed by atoms with Crippen LogP contribution in [0.1, 0.15) is 10.4 Å². The highest BCUT2D eigenvalue weighted by Gasteiger charge is 2.21. The number of aromatic nitrogens is 2. The molecule has 112 valence electrons. The van der Waals surface area contributed by atoms with Gasteiger partial charge >= 0.3 is 5.97 Å². The van der Waals surface area contributed by atoms with E-state index in [1.54, 1.807) is 31.3 Å². The quantitative estimate of drug-likeness (QED) is 0.796. The second-order valence-corrected chi connectivity index (χ2v) is 4.25. The number of aryl methyl sites for hydroxylation is 1. The molecule has 0 saturated heterocycles. The second kappa shape index (κ2) is 6.34. The van der Waals surface area contributed by atoms with Gasteiger partial charge in [0.05, 0.1) is 7.11 Å². The first kappa shape index (κ1) is 15.0. The van der Waals surface area contributed by atoms with Gasteiger partial charge in [-0.25, -0.2) is 13.6 Å². The van der Waals surface area contributed by atoms with E-state index in [4.69, 9.17) is 4.74 Å². The number of carbonyl (C=O) groups excluding carboxylic acids is 1. The van der Waals surface area contributed by atoms with Crippen LogP contribution in [0.4, 0.5) is 8.78 Å². The van der Waals surface area contributed by atoms with Gasteiger partial charge in [-0.05, 0) is 12.1 Å². The molecule has 0 amide bonds. The van der Waals surface area contributed by atoms with E-state index >= 15 is 0 Å². The smallest absolute Gasteiger partial charge is 0.342 e. The van der Waals surface area contributed by atoms with Crippen LogP contribution in [0.3, 0.4) is 0 Å². The lowest BCUT2D eigenvalue weighted by Gasteiger charge is -2.08. The molecule has 0 aliphatic heterocycles. The van der Waals surface area contributed by atoms with E-state index in [9.17, 15) is 13.6 Å². The predicted molar refractivity (Wildman–Crippen MR) is 71.5 cm³/mol. The Hall–Kier alpha value is -2.44. The highest BCUT2D eigenvalue weighted by Crippen LogP contribution is 2.31. The maximum atomic E-state index is 12.1. The van der Waals surface area contributed by atoms with E-state index < -0.39 is 19.0 Å². The number of halogens is 2. The summed E-state index contributed by atoms with van der Waals surface area (Å²) in [6.07, 6.45) is -1.28. The van der Waals surface area contributed by atoms with Crippen molar-refractivity contribution in [1.29, 1.82) is 0 Å². The Kier molecular flexibility index (Phi) is 4.52. The summed E-state index contributed by atoms with van der Waals surface area (Å²) in [5.41, 5.74) is 1.03. The third kappa shape index (κ3) is 3.36. The third-order valence-corrected chi connectivity index (χ3v) is 2.75. The normalized spacial score (nSPS) is 10.7. The minimum atomic E-state index is -2.71. The van der Waals surface area contributed by atoms with Crippen LogP contribution >= 0.6 is 0 Å². The molecule has 7 heteroatoms. The zero-order valence-electron chi connectivity index (χ0n) is 11.5. The van der Waals surface area contributed by atoms with Crippen LogP contribution in [0.25, 0.3) is 11.3 Å². The maximum Gasteiger partial charge on any atom is 0.342 e. The first-order chi connectivity index (χ1) is 10.0. The standard InChI is InChI=1S/C14H14F2N2O3/c1-18-7-10(14(19)21-8-12(15)16)13(17-18)9-5-3-4-6-11(9)20-2/h3-7,12H,8H2,1-2H3. The molecule has 0 aliphatic carbocycles. The van der Waals surface area contributed by atoms with Gasteiger partial charge in [-0.3, -0.25) is 4.68 Å². The summed E-state index contributed by atoms with van der Waals surface area (Å²) in [5.74, 6) is -0.316. The molecular formula is C14H14F2N2O3. The van der Waals surface area contributed by atoms with Crippen LogP contribution in [0, 0.1) is 0 Å². The molecule has 0 fully saturated rings. The molecule has 0 saturated carbocycles. The lowest BCUT2D eigenvalue weighted by Crippen LogP contribution is -2.12. The van der Waals surface area contributed by atoms with Crippen LogP contribution in [0.15, 0.2) is 30.5 Å². The molecule has 0 spiro atoms. The Morgan fingerprint density at radius 2 is 2.10 bits per heavy atom. The lowest BCUT2D eigenvalue weighted by molar-refractivity contribution is 0.0160. The number of ether oxygens (including phenoxy) is 2. The van der Waals surface area contributed by atoms with E-state index in [1.807, 2.05) is 0 Å².